The number of hydrogen-bond acceptors (Lipinski definition) is 2. The summed E-state index contributed by atoms with van der Waals surface area (Å²) < 4.78 is 3.65. The molecule has 128 valence electrons. The lowest BCUT2D eigenvalue weighted by atomic mass is 10.0. The van der Waals surface area contributed by atoms with Gasteiger partial charge in [-0.3, -0.25) is 4.40 Å². The summed E-state index contributed by atoms with van der Waals surface area (Å²) in [6.07, 6.45) is 3.66. The van der Waals surface area contributed by atoms with Gasteiger partial charge >= 0.3 is 0 Å². The van der Waals surface area contributed by atoms with Gasteiger partial charge in [-0.1, -0.05) is 42.9 Å². The van der Waals surface area contributed by atoms with Crippen LogP contribution >= 0.6 is 11.3 Å². The molecule has 0 N–H and O–H groups in total. The number of hydrogen-bond donors (Lipinski definition) is 0. The maximum absolute atomic E-state index is 4.96. The highest BCUT2D eigenvalue weighted by molar-refractivity contribution is 7.23. The zero-order valence-electron chi connectivity index (χ0n) is 15.4. The number of thiazole rings is 1. The van der Waals surface area contributed by atoms with E-state index in [1.165, 1.54) is 57.4 Å². The molecular weight excluding hydrogens is 324 g/mol. The average molecular weight is 349 g/mol. The maximum Gasteiger partial charge on any atom is 0.195 e. The summed E-state index contributed by atoms with van der Waals surface area (Å²) in [5.74, 6) is 0. The summed E-state index contributed by atoms with van der Waals surface area (Å²) in [6.45, 7) is 8.75. The van der Waals surface area contributed by atoms with Crippen LogP contribution in [-0.2, 0) is 6.42 Å². The monoisotopic (exact) mass is 348 g/mol. The molecule has 2 aromatic heterocycles. The second-order valence-corrected chi connectivity index (χ2v) is 7.98. The van der Waals surface area contributed by atoms with Gasteiger partial charge in [-0.2, -0.15) is 0 Å². The lowest BCUT2D eigenvalue weighted by molar-refractivity contribution is 0.796. The van der Waals surface area contributed by atoms with Gasteiger partial charge in [0.25, 0.3) is 0 Å². The Kier molecular flexibility index (Phi) is 4.12. The van der Waals surface area contributed by atoms with Crippen LogP contribution in [0.3, 0.4) is 0 Å². The highest BCUT2D eigenvalue weighted by Gasteiger charge is 2.15. The molecule has 3 heteroatoms. The Morgan fingerprint density at radius 1 is 1.00 bits per heavy atom. The first-order chi connectivity index (χ1) is 12.1. The molecule has 0 radical (unpaired) electrons. The largest absolute Gasteiger partial charge is 0.287 e. The quantitative estimate of drug-likeness (QED) is 0.412. The second-order valence-electron chi connectivity index (χ2n) is 6.97. The number of aryl methyl sites for hydroxylation is 4. The zero-order valence-corrected chi connectivity index (χ0v) is 16.2. The van der Waals surface area contributed by atoms with Gasteiger partial charge in [-0.05, 0) is 68.5 Å². The summed E-state index contributed by atoms with van der Waals surface area (Å²) in [5.41, 5.74) is 8.90. The van der Waals surface area contributed by atoms with Crippen molar-refractivity contribution in [1.82, 2.24) is 9.38 Å². The lowest BCUT2D eigenvalue weighted by Gasteiger charge is -2.05. The predicted molar refractivity (Wildman–Crippen MR) is 109 cm³/mol. The molecule has 0 saturated carbocycles. The van der Waals surface area contributed by atoms with E-state index in [2.05, 4.69) is 68.5 Å². The van der Waals surface area contributed by atoms with Gasteiger partial charge in [0.15, 0.2) is 4.96 Å². The smallest absolute Gasteiger partial charge is 0.195 e. The topological polar surface area (TPSA) is 17.3 Å². The fourth-order valence-corrected chi connectivity index (χ4v) is 4.58. The van der Waals surface area contributed by atoms with Gasteiger partial charge in [0, 0.05) is 11.3 Å². The van der Waals surface area contributed by atoms with Crippen molar-refractivity contribution in [2.75, 3.05) is 0 Å². The molecule has 0 spiro atoms. The highest BCUT2D eigenvalue weighted by atomic mass is 32.1. The van der Waals surface area contributed by atoms with Crippen LogP contribution in [0.5, 0.6) is 0 Å². The molecule has 0 aliphatic rings. The van der Waals surface area contributed by atoms with Gasteiger partial charge in [-0.25, -0.2) is 4.98 Å². The highest BCUT2D eigenvalue weighted by Crippen LogP contribution is 2.33. The summed E-state index contributed by atoms with van der Waals surface area (Å²) in [7, 11) is 0. The molecule has 25 heavy (non-hydrogen) atoms. The van der Waals surface area contributed by atoms with Crippen LogP contribution in [0.15, 0.2) is 36.4 Å². The fourth-order valence-electron chi connectivity index (χ4n) is 3.45. The number of aromatic nitrogens is 2. The standard InChI is InChI=1S/C22H24N2S/c1-5-6-7-17-9-11-19-20(13-17)25-22-23-21(16(4)24(19)22)18-10-8-14(2)15(3)12-18/h8-13H,5-7H2,1-4H3. The van der Waals surface area contributed by atoms with Crippen molar-refractivity contribution in [2.45, 2.75) is 47.0 Å². The Balaban J connectivity index is 1.84. The summed E-state index contributed by atoms with van der Waals surface area (Å²) in [6, 6.07) is 13.5. The Morgan fingerprint density at radius 2 is 1.84 bits per heavy atom. The number of benzene rings is 2. The second kappa shape index (κ2) is 6.30. The molecular formula is C22H24N2S. The number of fused-ring (bicyclic) bond motifs is 3. The van der Waals surface area contributed by atoms with Crippen LogP contribution < -0.4 is 0 Å². The Hall–Kier alpha value is -2.13. The van der Waals surface area contributed by atoms with E-state index in [0.717, 1.165) is 10.7 Å². The average Bonchev–Trinajstić information content (AvgIpc) is 3.11. The molecule has 0 amide bonds. The van der Waals surface area contributed by atoms with E-state index in [-0.39, 0.29) is 0 Å². The minimum absolute atomic E-state index is 1.09. The number of imidazole rings is 1. The summed E-state index contributed by atoms with van der Waals surface area (Å²) in [4.78, 5) is 6.05. The van der Waals surface area contributed by atoms with E-state index in [1.54, 1.807) is 11.3 Å². The number of unbranched alkanes of at least 4 members (excludes halogenated alkanes) is 1. The van der Waals surface area contributed by atoms with Crippen molar-refractivity contribution >= 4 is 26.5 Å². The molecule has 4 aromatic rings. The first-order valence-corrected chi connectivity index (χ1v) is 9.88. The first kappa shape index (κ1) is 16.3. The minimum atomic E-state index is 1.09. The molecule has 4 rings (SSSR count). The normalized spacial score (nSPS) is 11.7. The van der Waals surface area contributed by atoms with Crippen LogP contribution in [0.2, 0.25) is 0 Å². The zero-order chi connectivity index (χ0) is 17.6. The van der Waals surface area contributed by atoms with Crippen LogP contribution in [0, 0.1) is 20.8 Å². The number of nitrogens with zero attached hydrogens (tertiary/aromatic N) is 2. The predicted octanol–water partition coefficient (Wildman–Crippen LogP) is 6.48. The van der Waals surface area contributed by atoms with Crippen molar-refractivity contribution in [3.63, 3.8) is 0 Å². The fraction of sp³-hybridized carbons (Fsp3) is 0.318. The SMILES string of the molecule is CCCCc1ccc2c(c1)sc1nc(-c3ccc(C)c(C)c3)c(C)n12. The molecule has 0 aliphatic carbocycles. The third kappa shape index (κ3) is 2.77. The molecule has 0 saturated heterocycles. The van der Waals surface area contributed by atoms with Crippen molar-refractivity contribution in [1.29, 1.82) is 0 Å². The van der Waals surface area contributed by atoms with E-state index in [1.807, 2.05) is 0 Å². The van der Waals surface area contributed by atoms with E-state index in [9.17, 15) is 0 Å². The van der Waals surface area contributed by atoms with E-state index in [4.69, 9.17) is 4.98 Å². The molecule has 0 fully saturated rings. The molecule has 2 nitrogen and oxygen atoms in total. The molecule has 0 aliphatic heterocycles. The van der Waals surface area contributed by atoms with Gasteiger partial charge < -0.3 is 0 Å². The third-order valence-corrected chi connectivity index (χ3v) is 6.15. The third-order valence-electron chi connectivity index (χ3n) is 5.14. The van der Waals surface area contributed by atoms with E-state index >= 15 is 0 Å². The maximum atomic E-state index is 4.96. The molecule has 0 unspecified atom stereocenters. The van der Waals surface area contributed by atoms with Crippen molar-refractivity contribution < 1.29 is 0 Å². The van der Waals surface area contributed by atoms with Crippen LogP contribution in [-0.4, -0.2) is 9.38 Å². The van der Waals surface area contributed by atoms with Gasteiger partial charge in [0.1, 0.15) is 0 Å². The minimum Gasteiger partial charge on any atom is -0.287 e. The molecule has 0 bridgehead atoms. The van der Waals surface area contributed by atoms with Crippen LogP contribution in [0.1, 0.15) is 42.1 Å². The Bertz CT molecular complexity index is 1070. The molecule has 2 heterocycles. The lowest BCUT2D eigenvalue weighted by Crippen LogP contribution is -1.89. The Labute approximate surface area is 153 Å². The van der Waals surface area contributed by atoms with E-state index < -0.39 is 0 Å². The van der Waals surface area contributed by atoms with Crippen LogP contribution in [0.4, 0.5) is 0 Å². The summed E-state index contributed by atoms with van der Waals surface area (Å²) >= 11 is 1.80. The van der Waals surface area contributed by atoms with Crippen molar-refractivity contribution in [3.05, 3.63) is 58.8 Å². The van der Waals surface area contributed by atoms with Gasteiger partial charge in [-0.15, -0.1) is 0 Å². The Morgan fingerprint density at radius 3 is 2.60 bits per heavy atom. The first-order valence-electron chi connectivity index (χ1n) is 9.06. The summed E-state index contributed by atoms with van der Waals surface area (Å²) in [5, 5.41) is 0. The van der Waals surface area contributed by atoms with Crippen LogP contribution in [0.25, 0.3) is 26.4 Å². The van der Waals surface area contributed by atoms with Gasteiger partial charge in [0.2, 0.25) is 0 Å². The van der Waals surface area contributed by atoms with Crippen molar-refractivity contribution in [3.8, 4) is 11.3 Å². The van der Waals surface area contributed by atoms with Gasteiger partial charge in [0.05, 0.1) is 15.9 Å². The molecule has 0 atom stereocenters. The number of rotatable bonds is 4. The molecule has 2 aromatic carbocycles. The van der Waals surface area contributed by atoms with E-state index in [0.29, 0.717) is 0 Å². The van der Waals surface area contributed by atoms with Crippen molar-refractivity contribution in [2.24, 2.45) is 0 Å².